The van der Waals surface area contributed by atoms with Crippen molar-refractivity contribution in [2.75, 3.05) is 18.4 Å². The number of amides is 1. The average Bonchev–Trinajstić information content (AvgIpc) is 2.83. The third kappa shape index (κ3) is 2.61. The second kappa shape index (κ2) is 5.12. The van der Waals surface area contributed by atoms with Crippen molar-refractivity contribution in [2.45, 2.75) is 19.8 Å². The molecule has 86 valence electrons. The lowest BCUT2D eigenvalue weighted by Gasteiger charge is -2.10. The molecule has 1 aromatic rings. The second-order valence-electron chi connectivity index (χ2n) is 4.23. The van der Waals surface area contributed by atoms with Gasteiger partial charge in [-0.25, -0.2) is 0 Å². The highest BCUT2D eigenvalue weighted by Crippen LogP contribution is 2.14. The Hall–Kier alpha value is -1.35. The number of aryl methyl sites for hydroxylation is 1. The number of hydrogen-bond donors (Lipinski definition) is 2. The van der Waals surface area contributed by atoms with Crippen molar-refractivity contribution in [3.8, 4) is 0 Å². The first-order valence-corrected chi connectivity index (χ1v) is 5.90. The fraction of sp³-hybridized carbons (Fsp3) is 0.462. The predicted molar refractivity (Wildman–Crippen MR) is 65.4 cm³/mol. The van der Waals surface area contributed by atoms with E-state index in [2.05, 4.69) is 29.7 Å². The Labute approximate surface area is 96.2 Å². The van der Waals surface area contributed by atoms with E-state index in [1.54, 1.807) is 0 Å². The van der Waals surface area contributed by atoms with Gasteiger partial charge in [0.2, 0.25) is 5.91 Å². The summed E-state index contributed by atoms with van der Waals surface area (Å²) in [6.07, 6.45) is 1.97. The summed E-state index contributed by atoms with van der Waals surface area (Å²) in [6.45, 7) is 3.88. The Morgan fingerprint density at radius 3 is 2.75 bits per heavy atom. The van der Waals surface area contributed by atoms with Gasteiger partial charge in [0.1, 0.15) is 0 Å². The molecule has 1 aliphatic heterocycles. The van der Waals surface area contributed by atoms with Gasteiger partial charge in [-0.3, -0.25) is 4.79 Å². The van der Waals surface area contributed by atoms with E-state index >= 15 is 0 Å². The lowest BCUT2D eigenvalue weighted by molar-refractivity contribution is -0.119. The van der Waals surface area contributed by atoms with Gasteiger partial charge in [0.25, 0.3) is 0 Å². The van der Waals surface area contributed by atoms with Crippen LogP contribution in [0.15, 0.2) is 24.3 Å². The molecular formula is C13H18N2O. The molecule has 3 nitrogen and oxygen atoms in total. The van der Waals surface area contributed by atoms with E-state index in [9.17, 15) is 4.79 Å². The molecule has 3 heteroatoms. The molecule has 0 radical (unpaired) electrons. The van der Waals surface area contributed by atoms with E-state index in [1.807, 2.05) is 12.1 Å². The van der Waals surface area contributed by atoms with E-state index < -0.39 is 0 Å². The predicted octanol–water partition coefficient (Wildman–Crippen LogP) is 1.80. The lowest BCUT2D eigenvalue weighted by atomic mass is 10.1. The number of carbonyl (C=O) groups is 1. The van der Waals surface area contributed by atoms with E-state index in [4.69, 9.17) is 0 Å². The van der Waals surface area contributed by atoms with Crippen LogP contribution in [0.4, 0.5) is 5.69 Å². The molecular weight excluding hydrogens is 200 g/mol. The number of anilines is 1. The van der Waals surface area contributed by atoms with Crippen molar-refractivity contribution in [2.24, 2.45) is 5.92 Å². The molecule has 16 heavy (non-hydrogen) atoms. The summed E-state index contributed by atoms with van der Waals surface area (Å²) < 4.78 is 0. The maximum absolute atomic E-state index is 11.8. The minimum Gasteiger partial charge on any atom is -0.326 e. The van der Waals surface area contributed by atoms with Gasteiger partial charge >= 0.3 is 0 Å². The maximum atomic E-state index is 11.8. The smallest absolute Gasteiger partial charge is 0.228 e. The Bertz CT molecular complexity index is 353. The molecule has 0 aliphatic carbocycles. The summed E-state index contributed by atoms with van der Waals surface area (Å²) in [5, 5.41) is 6.15. The van der Waals surface area contributed by atoms with Gasteiger partial charge in [-0.15, -0.1) is 0 Å². The fourth-order valence-corrected chi connectivity index (χ4v) is 1.95. The molecule has 1 aliphatic rings. The third-order valence-corrected chi connectivity index (χ3v) is 3.06. The zero-order valence-corrected chi connectivity index (χ0v) is 9.62. The standard InChI is InChI=1S/C13H18N2O/c1-2-10-3-5-12(6-4-10)15-13(16)11-7-8-14-9-11/h3-6,11,14H,2,7-9H2,1H3,(H,15,16). The molecule has 1 aromatic carbocycles. The van der Waals surface area contributed by atoms with Gasteiger partial charge < -0.3 is 10.6 Å². The van der Waals surface area contributed by atoms with Crippen LogP contribution in [0, 0.1) is 5.92 Å². The van der Waals surface area contributed by atoms with Crippen molar-refractivity contribution in [1.82, 2.24) is 5.32 Å². The van der Waals surface area contributed by atoms with Crippen LogP contribution >= 0.6 is 0 Å². The first kappa shape index (κ1) is 11.1. The summed E-state index contributed by atoms with van der Waals surface area (Å²) in [7, 11) is 0. The van der Waals surface area contributed by atoms with E-state index in [0.29, 0.717) is 0 Å². The first-order chi connectivity index (χ1) is 7.79. The highest BCUT2D eigenvalue weighted by Gasteiger charge is 2.22. The Balaban J connectivity index is 1.94. The monoisotopic (exact) mass is 218 g/mol. The highest BCUT2D eigenvalue weighted by atomic mass is 16.1. The molecule has 2 N–H and O–H groups in total. The van der Waals surface area contributed by atoms with Gasteiger partial charge in [0.15, 0.2) is 0 Å². The molecule has 1 fully saturated rings. The minimum absolute atomic E-state index is 0.130. The number of nitrogens with one attached hydrogen (secondary N) is 2. The summed E-state index contributed by atoms with van der Waals surface area (Å²) in [6, 6.07) is 8.06. The Morgan fingerprint density at radius 1 is 1.44 bits per heavy atom. The fourth-order valence-electron chi connectivity index (χ4n) is 1.95. The SMILES string of the molecule is CCc1ccc(NC(=O)C2CCNC2)cc1. The minimum atomic E-state index is 0.130. The molecule has 0 spiro atoms. The molecule has 1 atom stereocenters. The largest absolute Gasteiger partial charge is 0.326 e. The molecule has 0 aromatic heterocycles. The van der Waals surface area contributed by atoms with Crippen LogP contribution in [0.3, 0.4) is 0 Å². The van der Waals surface area contributed by atoms with Crippen molar-refractivity contribution in [1.29, 1.82) is 0 Å². The molecule has 2 rings (SSSR count). The number of rotatable bonds is 3. The summed E-state index contributed by atoms with van der Waals surface area (Å²) in [4.78, 5) is 11.8. The molecule has 0 bridgehead atoms. The normalized spacial score (nSPS) is 19.7. The van der Waals surface area contributed by atoms with Crippen LogP contribution in [-0.2, 0) is 11.2 Å². The number of hydrogen-bond acceptors (Lipinski definition) is 2. The van der Waals surface area contributed by atoms with Crippen LogP contribution < -0.4 is 10.6 Å². The number of carbonyl (C=O) groups excluding carboxylic acids is 1. The van der Waals surface area contributed by atoms with Crippen molar-refractivity contribution < 1.29 is 4.79 Å². The Kier molecular flexibility index (Phi) is 3.57. The van der Waals surface area contributed by atoms with Gasteiger partial charge in [0.05, 0.1) is 5.92 Å². The molecule has 1 unspecified atom stereocenters. The maximum Gasteiger partial charge on any atom is 0.228 e. The molecule has 1 saturated heterocycles. The third-order valence-electron chi connectivity index (χ3n) is 3.06. The highest BCUT2D eigenvalue weighted by molar-refractivity contribution is 5.92. The van der Waals surface area contributed by atoms with Crippen molar-refractivity contribution >= 4 is 11.6 Å². The topological polar surface area (TPSA) is 41.1 Å². The van der Waals surface area contributed by atoms with Crippen LogP contribution in [-0.4, -0.2) is 19.0 Å². The van der Waals surface area contributed by atoms with Gasteiger partial charge in [0, 0.05) is 12.2 Å². The van der Waals surface area contributed by atoms with Crippen molar-refractivity contribution in [3.63, 3.8) is 0 Å². The Morgan fingerprint density at radius 2 is 2.19 bits per heavy atom. The van der Waals surface area contributed by atoms with Gasteiger partial charge in [-0.1, -0.05) is 19.1 Å². The molecule has 0 saturated carbocycles. The second-order valence-corrected chi connectivity index (χ2v) is 4.23. The lowest BCUT2D eigenvalue weighted by Crippen LogP contribution is -2.24. The molecule has 1 amide bonds. The summed E-state index contributed by atoms with van der Waals surface area (Å²) in [5.74, 6) is 0.264. The summed E-state index contributed by atoms with van der Waals surface area (Å²) >= 11 is 0. The van der Waals surface area contributed by atoms with Crippen LogP contribution in [0.1, 0.15) is 18.9 Å². The summed E-state index contributed by atoms with van der Waals surface area (Å²) in [5.41, 5.74) is 2.19. The van der Waals surface area contributed by atoms with E-state index in [1.165, 1.54) is 5.56 Å². The first-order valence-electron chi connectivity index (χ1n) is 5.90. The van der Waals surface area contributed by atoms with Gasteiger partial charge in [-0.2, -0.15) is 0 Å². The van der Waals surface area contributed by atoms with Crippen LogP contribution in [0.2, 0.25) is 0 Å². The van der Waals surface area contributed by atoms with E-state index in [-0.39, 0.29) is 11.8 Å². The zero-order valence-electron chi connectivity index (χ0n) is 9.62. The van der Waals surface area contributed by atoms with Crippen molar-refractivity contribution in [3.05, 3.63) is 29.8 Å². The molecule has 1 heterocycles. The quantitative estimate of drug-likeness (QED) is 0.812. The number of benzene rings is 1. The van der Waals surface area contributed by atoms with Crippen LogP contribution in [0.5, 0.6) is 0 Å². The van der Waals surface area contributed by atoms with Crippen LogP contribution in [0.25, 0.3) is 0 Å². The van der Waals surface area contributed by atoms with E-state index in [0.717, 1.165) is 31.6 Å². The average molecular weight is 218 g/mol. The van der Waals surface area contributed by atoms with Gasteiger partial charge in [-0.05, 0) is 37.1 Å². The zero-order chi connectivity index (χ0) is 11.4.